The van der Waals surface area contributed by atoms with Crippen molar-refractivity contribution in [2.45, 2.75) is 40.2 Å². The predicted molar refractivity (Wildman–Crippen MR) is 86.3 cm³/mol. The molecule has 0 aliphatic carbocycles. The van der Waals surface area contributed by atoms with Crippen molar-refractivity contribution in [2.75, 3.05) is 25.0 Å². The van der Waals surface area contributed by atoms with Gasteiger partial charge in [0, 0.05) is 19.1 Å². The van der Waals surface area contributed by atoms with Crippen LogP contribution in [-0.4, -0.2) is 20.1 Å². The summed E-state index contributed by atoms with van der Waals surface area (Å²) in [5.41, 5.74) is 2.38. The van der Waals surface area contributed by atoms with Crippen molar-refractivity contribution in [3.63, 3.8) is 0 Å². The summed E-state index contributed by atoms with van der Waals surface area (Å²) in [6.07, 6.45) is 1.20. The molecule has 0 aromatic heterocycles. The van der Waals surface area contributed by atoms with Crippen LogP contribution in [0.5, 0.6) is 0 Å². The van der Waals surface area contributed by atoms with Gasteiger partial charge in [0.2, 0.25) is 0 Å². The number of hydrogen-bond acceptors (Lipinski definition) is 2. The summed E-state index contributed by atoms with van der Waals surface area (Å²) < 4.78 is 0. The molecule has 19 heavy (non-hydrogen) atoms. The summed E-state index contributed by atoms with van der Waals surface area (Å²) in [6, 6.07) is 6.73. The summed E-state index contributed by atoms with van der Waals surface area (Å²) in [5, 5.41) is 4.09. The van der Waals surface area contributed by atoms with E-state index in [1.165, 1.54) is 12.0 Å². The monoisotopic (exact) mass is 282 g/mol. The molecule has 0 aliphatic rings. The van der Waals surface area contributed by atoms with Crippen molar-refractivity contribution in [3.05, 3.63) is 28.8 Å². The molecular formula is C16H27ClN2. The zero-order valence-corrected chi connectivity index (χ0v) is 13.6. The first-order valence-electron chi connectivity index (χ1n) is 7.25. The van der Waals surface area contributed by atoms with Gasteiger partial charge in [0.15, 0.2) is 0 Å². The molecular weight excluding hydrogens is 256 g/mol. The summed E-state index contributed by atoms with van der Waals surface area (Å²) in [4.78, 5) is 2.37. The topological polar surface area (TPSA) is 15.3 Å². The first-order chi connectivity index (χ1) is 9.03. The van der Waals surface area contributed by atoms with E-state index in [0.29, 0.717) is 12.0 Å². The van der Waals surface area contributed by atoms with Crippen molar-refractivity contribution in [2.24, 2.45) is 5.92 Å². The Morgan fingerprint density at radius 2 is 1.95 bits per heavy atom. The van der Waals surface area contributed by atoms with Gasteiger partial charge in [0.1, 0.15) is 0 Å². The molecule has 0 heterocycles. The zero-order chi connectivity index (χ0) is 14.4. The maximum absolute atomic E-state index is 6.46. The van der Waals surface area contributed by atoms with E-state index in [2.05, 4.69) is 56.1 Å². The summed E-state index contributed by atoms with van der Waals surface area (Å²) in [7, 11) is 1.97. The average molecular weight is 283 g/mol. The van der Waals surface area contributed by atoms with Crippen molar-refractivity contribution in [1.29, 1.82) is 0 Å². The number of benzene rings is 1. The number of anilines is 1. The Morgan fingerprint density at radius 3 is 2.42 bits per heavy atom. The number of nitrogens with zero attached hydrogens (tertiary/aromatic N) is 1. The normalized spacial score (nSPS) is 14.2. The van der Waals surface area contributed by atoms with Crippen LogP contribution in [0.15, 0.2) is 18.2 Å². The quantitative estimate of drug-likeness (QED) is 0.792. The number of rotatable bonds is 7. The summed E-state index contributed by atoms with van der Waals surface area (Å²) in [5.74, 6) is 0.687. The van der Waals surface area contributed by atoms with Crippen LogP contribution in [0.1, 0.15) is 45.7 Å². The third kappa shape index (κ3) is 4.39. The Balaban J connectivity index is 2.93. The molecule has 1 aromatic carbocycles. The Labute approximate surface area is 123 Å². The number of nitrogens with one attached hydrogen (secondary N) is 1. The van der Waals surface area contributed by atoms with Crippen LogP contribution in [0, 0.1) is 5.92 Å². The molecule has 1 aromatic rings. The van der Waals surface area contributed by atoms with Gasteiger partial charge >= 0.3 is 0 Å². The molecule has 0 saturated carbocycles. The van der Waals surface area contributed by atoms with E-state index in [9.17, 15) is 0 Å². The molecule has 108 valence electrons. The van der Waals surface area contributed by atoms with Crippen LogP contribution < -0.4 is 10.2 Å². The highest BCUT2D eigenvalue weighted by Gasteiger charge is 2.13. The molecule has 2 nitrogen and oxygen atoms in total. The van der Waals surface area contributed by atoms with Crippen LogP contribution in [0.25, 0.3) is 0 Å². The van der Waals surface area contributed by atoms with Gasteiger partial charge in [-0.25, -0.2) is 0 Å². The Kier molecular flexibility index (Phi) is 6.67. The Morgan fingerprint density at radius 1 is 1.26 bits per heavy atom. The predicted octanol–water partition coefficient (Wildman–Crippen LogP) is 4.49. The molecule has 0 bridgehead atoms. The van der Waals surface area contributed by atoms with E-state index in [-0.39, 0.29) is 0 Å². The van der Waals surface area contributed by atoms with Crippen molar-refractivity contribution in [1.82, 2.24) is 5.32 Å². The van der Waals surface area contributed by atoms with Crippen molar-refractivity contribution >= 4 is 17.3 Å². The maximum Gasteiger partial charge on any atom is 0.0642 e. The minimum Gasteiger partial charge on any atom is -0.370 e. The standard InChI is InChI=1S/C16H27ClN2/c1-6-12(3)11-19(7-2)16-9-8-14(10-15(16)17)13(4)18-5/h8-10,12-13,18H,6-7,11H2,1-5H3. The second-order valence-electron chi connectivity index (χ2n) is 5.27. The minimum atomic E-state index is 0.330. The molecule has 0 fully saturated rings. The Hall–Kier alpha value is -0.730. The molecule has 0 aliphatic heterocycles. The molecule has 2 atom stereocenters. The Bertz CT molecular complexity index is 392. The smallest absolute Gasteiger partial charge is 0.0642 e. The fraction of sp³-hybridized carbons (Fsp3) is 0.625. The van der Waals surface area contributed by atoms with Crippen LogP contribution in [0.2, 0.25) is 5.02 Å². The van der Waals surface area contributed by atoms with Gasteiger partial charge < -0.3 is 10.2 Å². The summed E-state index contributed by atoms with van der Waals surface area (Å²) >= 11 is 6.46. The molecule has 1 N–H and O–H groups in total. The highest BCUT2D eigenvalue weighted by atomic mass is 35.5. The lowest BCUT2D eigenvalue weighted by molar-refractivity contribution is 0.548. The van der Waals surface area contributed by atoms with Crippen LogP contribution in [-0.2, 0) is 0 Å². The number of halogens is 1. The molecule has 0 spiro atoms. The van der Waals surface area contributed by atoms with E-state index in [1.807, 2.05) is 7.05 Å². The van der Waals surface area contributed by atoms with Crippen LogP contribution in [0.3, 0.4) is 0 Å². The SMILES string of the molecule is CCC(C)CN(CC)c1ccc(C(C)NC)cc1Cl. The van der Waals surface area contributed by atoms with E-state index >= 15 is 0 Å². The van der Waals surface area contributed by atoms with E-state index < -0.39 is 0 Å². The first kappa shape index (κ1) is 16.3. The molecule has 1 rings (SSSR count). The van der Waals surface area contributed by atoms with Gasteiger partial charge in [0.25, 0.3) is 0 Å². The molecule has 0 amide bonds. The van der Waals surface area contributed by atoms with Gasteiger partial charge in [-0.1, -0.05) is 37.9 Å². The van der Waals surface area contributed by atoms with Crippen molar-refractivity contribution < 1.29 is 0 Å². The van der Waals surface area contributed by atoms with Crippen LogP contribution >= 0.6 is 11.6 Å². The second kappa shape index (κ2) is 7.76. The third-order valence-corrected chi connectivity index (χ3v) is 4.16. The van der Waals surface area contributed by atoms with Gasteiger partial charge in [-0.15, -0.1) is 0 Å². The highest BCUT2D eigenvalue weighted by molar-refractivity contribution is 6.33. The van der Waals surface area contributed by atoms with Gasteiger partial charge in [0.05, 0.1) is 10.7 Å². The molecule has 3 heteroatoms. The second-order valence-corrected chi connectivity index (χ2v) is 5.68. The van der Waals surface area contributed by atoms with Gasteiger partial charge in [-0.3, -0.25) is 0 Å². The fourth-order valence-electron chi connectivity index (χ4n) is 2.12. The van der Waals surface area contributed by atoms with Gasteiger partial charge in [-0.2, -0.15) is 0 Å². The molecule has 0 saturated heterocycles. The molecule has 2 unspecified atom stereocenters. The maximum atomic E-state index is 6.46. The summed E-state index contributed by atoms with van der Waals surface area (Å²) in [6.45, 7) is 10.9. The lowest BCUT2D eigenvalue weighted by atomic mass is 10.1. The third-order valence-electron chi connectivity index (χ3n) is 3.86. The minimum absolute atomic E-state index is 0.330. The van der Waals surface area contributed by atoms with Crippen molar-refractivity contribution in [3.8, 4) is 0 Å². The van der Waals surface area contributed by atoms with E-state index in [4.69, 9.17) is 11.6 Å². The van der Waals surface area contributed by atoms with Gasteiger partial charge in [-0.05, 0) is 44.5 Å². The van der Waals surface area contributed by atoms with E-state index in [0.717, 1.165) is 23.8 Å². The highest BCUT2D eigenvalue weighted by Crippen LogP contribution is 2.29. The zero-order valence-electron chi connectivity index (χ0n) is 12.8. The average Bonchev–Trinajstić information content (AvgIpc) is 2.43. The first-order valence-corrected chi connectivity index (χ1v) is 7.62. The largest absolute Gasteiger partial charge is 0.370 e. The number of hydrogen-bond donors (Lipinski definition) is 1. The lowest BCUT2D eigenvalue weighted by Crippen LogP contribution is -2.28. The fourth-order valence-corrected chi connectivity index (χ4v) is 2.43. The lowest BCUT2D eigenvalue weighted by Gasteiger charge is -2.27. The molecule has 0 radical (unpaired) electrons. The van der Waals surface area contributed by atoms with E-state index in [1.54, 1.807) is 0 Å². The van der Waals surface area contributed by atoms with Crippen LogP contribution in [0.4, 0.5) is 5.69 Å².